The number of benzene rings is 2. The Balaban J connectivity index is 2.09. The molecule has 0 spiro atoms. The average Bonchev–Trinajstić information content (AvgIpc) is 2.50. The summed E-state index contributed by atoms with van der Waals surface area (Å²) in [5.74, 6) is 5.39. The fourth-order valence-electron chi connectivity index (χ4n) is 2.49. The second kappa shape index (κ2) is 5.60. The minimum absolute atomic E-state index is 0.265. The SMILES string of the molecule is Cc1ccc(C(NN)c2ccc3cccnc3c2)c(F)c1. The van der Waals surface area contributed by atoms with Crippen molar-refractivity contribution >= 4 is 10.9 Å². The number of pyridine rings is 1. The topological polar surface area (TPSA) is 50.9 Å². The van der Waals surface area contributed by atoms with E-state index in [2.05, 4.69) is 10.4 Å². The zero-order valence-corrected chi connectivity index (χ0v) is 11.7. The zero-order chi connectivity index (χ0) is 14.8. The summed E-state index contributed by atoms with van der Waals surface area (Å²) in [6.45, 7) is 1.86. The lowest BCUT2D eigenvalue weighted by Crippen LogP contribution is -2.29. The lowest BCUT2D eigenvalue weighted by atomic mass is 9.97. The largest absolute Gasteiger partial charge is 0.271 e. The standard InChI is InChI=1S/C17H16FN3/c1-11-4-7-14(15(18)9-11)17(21-19)13-6-5-12-3-2-8-20-16(12)10-13/h2-10,17,21H,19H2,1H3. The molecule has 0 aliphatic heterocycles. The fraction of sp³-hybridized carbons (Fsp3) is 0.118. The first kappa shape index (κ1) is 13.7. The Kier molecular flexibility index (Phi) is 3.64. The summed E-state index contributed by atoms with van der Waals surface area (Å²) in [4.78, 5) is 4.33. The fourth-order valence-corrected chi connectivity index (χ4v) is 2.49. The molecule has 0 bridgehead atoms. The zero-order valence-electron chi connectivity index (χ0n) is 11.7. The van der Waals surface area contributed by atoms with E-state index in [4.69, 9.17) is 5.84 Å². The normalized spacial score (nSPS) is 12.5. The number of rotatable bonds is 3. The Labute approximate surface area is 122 Å². The van der Waals surface area contributed by atoms with Crippen molar-refractivity contribution in [3.63, 3.8) is 0 Å². The molecule has 21 heavy (non-hydrogen) atoms. The van der Waals surface area contributed by atoms with Crippen molar-refractivity contribution in [3.8, 4) is 0 Å². The molecule has 0 amide bonds. The molecule has 3 rings (SSSR count). The van der Waals surface area contributed by atoms with E-state index < -0.39 is 6.04 Å². The Morgan fingerprint density at radius 2 is 2.00 bits per heavy atom. The summed E-state index contributed by atoms with van der Waals surface area (Å²) in [7, 11) is 0. The molecule has 0 saturated carbocycles. The van der Waals surface area contributed by atoms with E-state index >= 15 is 0 Å². The van der Waals surface area contributed by atoms with E-state index in [0.717, 1.165) is 22.0 Å². The average molecular weight is 281 g/mol. The number of nitrogens with one attached hydrogen (secondary N) is 1. The number of nitrogens with two attached hydrogens (primary N) is 1. The van der Waals surface area contributed by atoms with Gasteiger partial charge in [-0.05, 0) is 36.2 Å². The summed E-state index contributed by atoms with van der Waals surface area (Å²) in [6.07, 6.45) is 1.74. The number of aromatic nitrogens is 1. The van der Waals surface area contributed by atoms with Crippen LogP contribution in [0.4, 0.5) is 4.39 Å². The van der Waals surface area contributed by atoms with Crippen molar-refractivity contribution in [2.45, 2.75) is 13.0 Å². The molecule has 3 nitrogen and oxygen atoms in total. The van der Waals surface area contributed by atoms with Gasteiger partial charge in [-0.3, -0.25) is 10.8 Å². The lowest BCUT2D eigenvalue weighted by molar-refractivity contribution is 0.559. The van der Waals surface area contributed by atoms with Crippen molar-refractivity contribution in [2.24, 2.45) is 5.84 Å². The van der Waals surface area contributed by atoms with Gasteiger partial charge in [0, 0.05) is 17.1 Å². The van der Waals surface area contributed by atoms with Crippen LogP contribution in [-0.4, -0.2) is 4.98 Å². The molecule has 1 unspecified atom stereocenters. The molecule has 0 radical (unpaired) electrons. The van der Waals surface area contributed by atoms with Crippen molar-refractivity contribution in [3.05, 3.63) is 77.2 Å². The highest BCUT2D eigenvalue weighted by Gasteiger charge is 2.17. The van der Waals surface area contributed by atoms with Crippen LogP contribution in [0.5, 0.6) is 0 Å². The maximum Gasteiger partial charge on any atom is 0.128 e. The second-order valence-corrected chi connectivity index (χ2v) is 5.08. The maximum atomic E-state index is 14.2. The summed E-state index contributed by atoms with van der Waals surface area (Å²) in [5, 5.41) is 1.04. The Bertz CT molecular complexity index is 786. The van der Waals surface area contributed by atoms with Crippen molar-refractivity contribution in [2.75, 3.05) is 0 Å². The minimum Gasteiger partial charge on any atom is -0.271 e. The number of hydrogen-bond acceptors (Lipinski definition) is 3. The molecule has 1 aromatic heterocycles. The molecular formula is C17H16FN3. The van der Waals surface area contributed by atoms with Crippen molar-refractivity contribution < 1.29 is 4.39 Å². The summed E-state index contributed by atoms with van der Waals surface area (Å²) in [6, 6.07) is 14.5. The van der Waals surface area contributed by atoms with Gasteiger partial charge in [-0.2, -0.15) is 0 Å². The molecular weight excluding hydrogens is 265 g/mol. The number of aryl methyl sites for hydroxylation is 1. The van der Waals surface area contributed by atoms with Crippen LogP contribution in [-0.2, 0) is 0 Å². The number of hydrazine groups is 1. The smallest absolute Gasteiger partial charge is 0.128 e. The molecule has 0 saturated heterocycles. The number of fused-ring (bicyclic) bond motifs is 1. The van der Waals surface area contributed by atoms with Gasteiger partial charge in [-0.25, -0.2) is 9.82 Å². The Hall–Kier alpha value is -2.30. The molecule has 0 aliphatic carbocycles. The quantitative estimate of drug-likeness (QED) is 0.572. The van der Waals surface area contributed by atoms with Crippen LogP contribution in [0.3, 0.4) is 0 Å². The first-order valence-electron chi connectivity index (χ1n) is 6.76. The highest BCUT2D eigenvalue weighted by molar-refractivity contribution is 5.79. The number of nitrogens with zero attached hydrogens (tertiary/aromatic N) is 1. The molecule has 1 heterocycles. The highest BCUT2D eigenvalue weighted by Crippen LogP contribution is 2.26. The van der Waals surface area contributed by atoms with E-state index in [0.29, 0.717) is 5.56 Å². The third kappa shape index (κ3) is 2.63. The van der Waals surface area contributed by atoms with E-state index in [1.165, 1.54) is 6.07 Å². The summed E-state index contributed by atoms with van der Waals surface area (Å²) < 4.78 is 14.2. The van der Waals surface area contributed by atoms with Gasteiger partial charge in [0.05, 0.1) is 11.6 Å². The minimum atomic E-state index is -0.406. The Morgan fingerprint density at radius 3 is 2.76 bits per heavy atom. The molecule has 0 fully saturated rings. The van der Waals surface area contributed by atoms with Gasteiger partial charge in [0.15, 0.2) is 0 Å². The van der Waals surface area contributed by atoms with Crippen molar-refractivity contribution in [1.82, 2.24) is 10.4 Å². The van der Waals surface area contributed by atoms with E-state index in [1.54, 1.807) is 12.3 Å². The van der Waals surface area contributed by atoms with Crippen LogP contribution in [0, 0.1) is 12.7 Å². The number of halogens is 1. The van der Waals surface area contributed by atoms with Gasteiger partial charge in [0.2, 0.25) is 0 Å². The summed E-state index contributed by atoms with van der Waals surface area (Å²) >= 11 is 0. The third-order valence-electron chi connectivity index (χ3n) is 3.60. The van der Waals surface area contributed by atoms with Crippen LogP contribution in [0.1, 0.15) is 22.7 Å². The van der Waals surface area contributed by atoms with Gasteiger partial charge in [-0.1, -0.05) is 30.3 Å². The second-order valence-electron chi connectivity index (χ2n) is 5.08. The molecule has 3 aromatic rings. The molecule has 2 aromatic carbocycles. The molecule has 0 aliphatic rings. The van der Waals surface area contributed by atoms with Crippen LogP contribution in [0.15, 0.2) is 54.7 Å². The van der Waals surface area contributed by atoms with E-state index in [9.17, 15) is 4.39 Å². The first-order chi connectivity index (χ1) is 10.2. The van der Waals surface area contributed by atoms with Gasteiger partial charge in [0.1, 0.15) is 5.82 Å². The van der Waals surface area contributed by atoms with Crippen LogP contribution >= 0.6 is 0 Å². The molecule has 1 atom stereocenters. The van der Waals surface area contributed by atoms with Gasteiger partial charge in [0.25, 0.3) is 0 Å². The third-order valence-corrected chi connectivity index (χ3v) is 3.60. The van der Waals surface area contributed by atoms with Crippen molar-refractivity contribution in [1.29, 1.82) is 0 Å². The lowest BCUT2D eigenvalue weighted by Gasteiger charge is -2.18. The molecule has 3 N–H and O–H groups in total. The highest BCUT2D eigenvalue weighted by atomic mass is 19.1. The van der Waals surface area contributed by atoms with Crippen LogP contribution < -0.4 is 11.3 Å². The van der Waals surface area contributed by atoms with E-state index in [1.807, 2.05) is 43.3 Å². The van der Waals surface area contributed by atoms with E-state index in [-0.39, 0.29) is 5.82 Å². The first-order valence-corrected chi connectivity index (χ1v) is 6.76. The number of hydrogen-bond donors (Lipinski definition) is 2. The Morgan fingerprint density at radius 1 is 1.14 bits per heavy atom. The molecule has 4 heteroatoms. The van der Waals surface area contributed by atoms with Gasteiger partial charge in [-0.15, -0.1) is 0 Å². The maximum absolute atomic E-state index is 14.2. The summed E-state index contributed by atoms with van der Waals surface area (Å²) in [5.41, 5.74) is 5.84. The predicted octanol–water partition coefficient (Wildman–Crippen LogP) is 3.24. The van der Waals surface area contributed by atoms with Crippen LogP contribution in [0.25, 0.3) is 10.9 Å². The van der Waals surface area contributed by atoms with Gasteiger partial charge >= 0.3 is 0 Å². The molecule has 106 valence electrons. The van der Waals surface area contributed by atoms with Gasteiger partial charge < -0.3 is 0 Å². The predicted molar refractivity (Wildman–Crippen MR) is 82.0 cm³/mol. The monoisotopic (exact) mass is 281 g/mol. The van der Waals surface area contributed by atoms with Crippen LogP contribution in [0.2, 0.25) is 0 Å².